The maximum atomic E-state index is 11.9. The van der Waals surface area contributed by atoms with Gasteiger partial charge in [-0.15, -0.1) is 11.3 Å². The molecular weight excluding hydrogens is 234 g/mol. The van der Waals surface area contributed by atoms with Crippen LogP contribution in [0.1, 0.15) is 17.3 Å². The highest BCUT2D eigenvalue weighted by Crippen LogP contribution is 2.25. The van der Waals surface area contributed by atoms with Crippen LogP contribution in [0.3, 0.4) is 0 Å². The topological polar surface area (TPSA) is 44.4 Å². The van der Waals surface area contributed by atoms with Gasteiger partial charge < -0.3 is 15.5 Å². The lowest BCUT2D eigenvalue weighted by Crippen LogP contribution is -2.33. The quantitative estimate of drug-likeness (QED) is 0.853. The van der Waals surface area contributed by atoms with E-state index in [9.17, 15) is 4.79 Å². The van der Waals surface area contributed by atoms with Crippen LogP contribution in [0.15, 0.2) is 17.5 Å². The van der Waals surface area contributed by atoms with Crippen molar-refractivity contribution in [1.29, 1.82) is 0 Å². The lowest BCUT2D eigenvalue weighted by atomic mass is 10.1. The Labute approximate surface area is 105 Å². The molecule has 2 N–H and O–H groups in total. The average molecular weight is 251 g/mol. The zero-order valence-corrected chi connectivity index (χ0v) is 10.5. The predicted octanol–water partition coefficient (Wildman–Crippen LogP) is 1.42. The number of nitrogens with zero attached hydrogens (tertiary/aromatic N) is 1. The molecule has 2 atom stereocenters. The second-order valence-corrected chi connectivity index (χ2v) is 5.76. The second-order valence-electron chi connectivity index (χ2n) is 4.78. The zero-order chi connectivity index (χ0) is 11.7. The normalized spacial score (nSPS) is 28.7. The molecule has 3 rings (SSSR count). The summed E-state index contributed by atoms with van der Waals surface area (Å²) >= 11 is 1.71. The van der Waals surface area contributed by atoms with Crippen molar-refractivity contribution in [2.45, 2.75) is 12.5 Å². The SMILES string of the molecule is O=C1NC(c2cccs2)CN1CC1CCNC1. The van der Waals surface area contributed by atoms with Crippen molar-refractivity contribution in [2.24, 2.45) is 5.92 Å². The molecule has 1 aromatic heterocycles. The van der Waals surface area contributed by atoms with E-state index in [1.807, 2.05) is 11.0 Å². The van der Waals surface area contributed by atoms with Crippen molar-refractivity contribution in [3.05, 3.63) is 22.4 Å². The van der Waals surface area contributed by atoms with Gasteiger partial charge in [0, 0.05) is 18.0 Å². The van der Waals surface area contributed by atoms with Gasteiger partial charge in [0.25, 0.3) is 0 Å². The number of carbonyl (C=O) groups excluding carboxylic acids is 1. The molecule has 0 bridgehead atoms. The van der Waals surface area contributed by atoms with Crippen LogP contribution in [0.5, 0.6) is 0 Å². The van der Waals surface area contributed by atoms with Gasteiger partial charge in [0.1, 0.15) is 0 Å². The third-order valence-corrected chi connectivity index (χ3v) is 4.50. The van der Waals surface area contributed by atoms with E-state index in [1.54, 1.807) is 11.3 Å². The first kappa shape index (κ1) is 11.0. The van der Waals surface area contributed by atoms with Gasteiger partial charge in [-0.3, -0.25) is 0 Å². The number of urea groups is 1. The molecule has 2 unspecified atom stereocenters. The molecular formula is C12H17N3OS. The summed E-state index contributed by atoms with van der Waals surface area (Å²) in [6.07, 6.45) is 1.19. The Morgan fingerprint density at radius 3 is 3.18 bits per heavy atom. The molecule has 1 aromatic rings. The first-order chi connectivity index (χ1) is 8.33. The van der Waals surface area contributed by atoms with Crippen LogP contribution in [0.25, 0.3) is 0 Å². The van der Waals surface area contributed by atoms with E-state index in [0.29, 0.717) is 5.92 Å². The van der Waals surface area contributed by atoms with Gasteiger partial charge >= 0.3 is 6.03 Å². The highest BCUT2D eigenvalue weighted by atomic mass is 32.1. The molecule has 0 radical (unpaired) electrons. The molecule has 0 aromatic carbocycles. The third-order valence-electron chi connectivity index (χ3n) is 3.52. The first-order valence-corrected chi connectivity index (χ1v) is 7.00. The monoisotopic (exact) mass is 251 g/mol. The Hall–Kier alpha value is -1.07. The second kappa shape index (κ2) is 4.66. The minimum absolute atomic E-state index is 0.0929. The van der Waals surface area contributed by atoms with Gasteiger partial charge in [0.15, 0.2) is 0 Å². The molecule has 2 aliphatic heterocycles. The van der Waals surface area contributed by atoms with E-state index in [2.05, 4.69) is 22.1 Å². The molecule has 3 heterocycles. The van der Waals surface area contributed by atoms with Gasteiger partial charge in [0.2, 0.25) is 0 Å². The third kappa shape index (κ3) is 2.30. The molecule has 2 amide bonds. The largest absolute Gasteiger partial charge is 0.329 e. The van der Waals surface area contributed by atoms with Crippen molar-refractivity contribution in [3.63, 3.8) is 0 Å². The number of rotatable bonds is 3. The number of hydrogen-bond donors (Lipinski definition) is 2. The van der Waals surface area contributed by atoms with E-state index >= 15 is 0 Å². The summed E-state index contributed by atoms with van der Waals surface area (Å²) in [5.41, 5.74) is 0. The van der Waals surface area contributed by atoms with E-state index in [-0.39, 0.29) is 12.1 Å². The number of amides is 2. The molecule has 2 aliphatic rings. The van der Waals surface area contributed by atoms with Crippen LogP contribution >= 0.6 is 11.3 Å². The van der Waals surface area contributed by atoms with Crippen molar-refractivity contribution in [3.8, 4) is 0 Å². The maximum Gasteiger partial charge on any atom is 0.318 e. The number of hydrogen-bond acceptors (Lipinski definition) is 3. The summed E-state index contributed by atoms with van der Waals surface area (Å²) < 4.78 is 0. The van der Waals surface area contributed by atoms with E-state index in [4.69, 9.17) is 0 Å². The van der Waals surface area contributed by atoms with Crippen molar-refractivity contribution < 1.29 is 4.79 Å². The minimum Gasteiger partial charge on any atom is -0.329 e. The summed E-state index contributed by atoms with van der Waals surface area (Å²) in [6.45, 7) is 3.85. The predicted molar refractivity (Wildman–Crippen MR) is 68.1 cm³/mol. The molecule has 2 saturated heterocycles. The molecule has 5 heteroatoms. The smallest absolute Gasteiger partial charge is 0.318 e. The number of thiophene rings is 1. The number of nitrogens with one attached hydrogen (secondary N) is 2. The van der Waals surface area contributed by atoms with Gasteiger partial charge in [0.05, 0.1) is 6.04 Å². The molecule has 4 nitrogen and oxygen atoms in total. The van der Waals surface area contributed by atoms with Crippen molar-refractivity contribution in [2.75, 3.05) is 26.2 Å². The van der Waals surface area contributed by atoms with Gasteiger partial charge in [-0.25, -0.2) is 4.79 Å². The highest BCUT2D eigenvalue weighted by Gasteiger charge is 2.32. The molecule has 92 valence electrons. The molecule has 17 heavy (non-hydrogen) atoms. The lowest BCUT2D eigenvalue weighted by molar-refractivity contribution is 0.210. The van der Waals surface area contributed by atoms with Crippen LogP contribution in [0.4, 0.5) is 4.79 Å². The fourth-order valence-electron chi connectivity index (χ4n) is 2.58. The van der Waals surface area contributed by atoms with Crippen LogP contribution in [-0.4, -0.2) is 37.1 Å². The minimum atomic E-state index is 0.0929. The Kier molecular flexibility index (Phi) is 3.03. The molecule has 0 saturated carbocycles. The Bertz CT molecular complexity index is 386. The van der Waals surface area contributed by atoms with Crippen LogP contribution in [-0.2, 0) is 0 Å². The molecule has 0 aliphatic carbocycles. The van der Waals surface area contributed by atoms with Crippen LogP contribution < -0.4 is 10.6 Å². The van der Waals surface area contributed by atoms with Gasteiger partial charge in [-0.2, -0.15) is 0 Å². The summed E-state index contributed by atoms with van der Waals surface area (Å²) in [7, 11) is 0. The summed E-state index contributed by atoms with van der Waals surface area (Å²) in [4.78, 5) is 15.1. The van der Waals surface area contributed by atoms with E-state index < -0.39 is 0 Å². The lowest BCUT2D eigenvalue weighted by Gasteiger charge is -2.18. The molecule has 2 fully saturated rings. The fraction of sp³-hybridized carbons (Fsp3) is 0.583. The van der Waals surface area contributed by atoms with E-state index in [0.717, 1.165) is 26.2 Å². The van der Waals surface area contributed by atoms with Gasteiger partial charge in [-0.05, 0) is 36.9 Å². The fourth-order valence-corrected chi connectivity index (χ4v) is 3.35. The summed E-state index contributed by atoms with van der Waals surface area (Å²) in [6, 6.07) is 4.42. The summed E-state index contributed by atoms with van der Waals surface area (Å²) in [5, 5.41) is 8.46. The molecule has 0 spiro atoms. The van der Waals surface area contributed by atoms with Gasteiger partial charge in [-0.1, -0.05) is 6.07 Å². The van der Waals surface area contributed by atoms with Crippen molar-refractivity contribution >= 4 is 17.4 Å². The maximum absolute atomic E-state index is 11.9. The Morgan fingerprint density at radius 1 is 1.53 bits per heavy atom. The van der Waals surface area contributed by atoms with Crippen molar-refractivity contribution in [1.82, 2.24) is 15.5 Å². The average Bonchev–Trinajstić information content (AvgIpc) is 3.02. The standard InChI is InChI=1S/C12H17N3OS/c16-12-14-10(11-2-1-5-17-11)8-15(12)7-9-3-4-13-6-9/h1-2,5,9-10,13H,3-4,6-8H2,(H,14,16). The zero-order valence-electron chi connectivity index (χ0n) is 9.69. The van der Waals surface area contributed by atoms with Crippen LogP contribution in [0, 0.1) is 5.92 Å². The summed E-state index contributed by atoms with van der Waals surface area (Å²) in [5.74, 6) is 0.628. The number of carbonyl (C=O) groups is 1. The Balaban J connectivity index is 1.61. The highest BCUT2D eigenvalue weighted by molar-refractivity contribution is 7.10. The van der Waals surface area contributed by atoms with Crippen LogP contribution in [0.2, 0.25) is 0 Å². The van der Waals surface area contributed by atoms with E-state index in [1.165, 1.54) is 11.3 Å². The first-order valence-electron chi connectivity index (χ1n) is 6.12. The Morgan fingerprint density at radius 2 is 2.47 bits per heavy atom.